The zero-order chi connectivity index (χ0) is 27.0. The summed E-state index contributed by atoms with van der Waals surface area (Å²) in [4.78, 5) is 2.54. The van der Waals surface area contributed by atoms with Crippen LogP contribution in [0.25, 0.3) is 0 Å². The fourth-order valence-electron chi connectivity index (χ4n) is 4.53. The Hall–Kier alpha value is -0.160. The molecule has 0 rings (SSSR count). The van der Waals surface area contributed by atoms with Gasteiger partial charge >= 0.3 is 0 Å². The van der Waals surface area contributed by atoms with Crippen molar-refractivity contribution in [1.82, 2.24) is 4.90 Å². The highest BCUT2D eigenvalue weighted by molar-refractivity contribution is 4.84. The van der Waals surface area contributed by atoms with Crippen molar-refractivity contribution in [3.05, 3.63) is 0 Å². The van der Waals surface area contributed by atoms with Crippen molar-refractivity contribution >= 4 is 0 Å². The molecule has 0 aliphatic heterocycles. The monoisotopic (exact) mass is 499 g/mol. The molecule has 4 nitrogen and oxygen atoms in total. The summed E-state index contributed by atoms with van der Waals surface area (Å²) in [5, 5.41) is 0. The van der Waals surface area contributed by atoms with Crippen LogP contribution in [0.3, 0.4) is 0 Å². The molecular formula is C31H65NO3. The predicted molar refractivity (Wildman–Crippen MR) is 153 cm³/mol. The van der Waals surface area contributed by atoms with Crippen molar-refractivity contribution in [2.45, 2.75) is 152 Å². The van der Waals surface area contributed by atoms with Gasteiger partial charge in [-0.15, -0.1) is 0 Å². The van der Waals surface area contributed by atoms with E-state index in [-0.39, 0.29) is 16.7 Å². The number of hydrogen-bond donors (Lipinski definition) is 0. The van der Waals surface area contributed by atoms with E-state index in [1.54, 1.807) is 0 Å². The zero-order valence-corrected chi connectivity index (χ0v) is 26.0. The molecule has 212 valence electrons. The summed E-state index contributed by atoms with van der Waals surface area (Å²) in [6.45, 7) is 29.9. The van der Waals surface area contributed by atoms with Crippen LogP contribution in [0.15, 0.2) is 0 Å². The first kappa shape index (κ1) is 34.8. The highest BCUT2D eigenvalue weighted by Crippen LogP contribution is 2.27. The average molecular weight is 500 g/mol. The molecule has 0 N–H and O–H groups in total. The largest absolute Gasteiger partial charge is 0.381 e. The number of ether oxygens (including phenoxy) is 3. The average Bonchev–Trinajstić information content (AvgIpc) is 2.68. The third-order valence-electron chi connectivity index (χ3n) is 6.27. The summed E-state index contributed by atoms with van der Waals surface area (Å²) < 4.78 is 17.8. The SMILES string of the molecule is CC(C)(C)CCCCCCCCCN(C(C)(C)C)C(C)(C)OCCCOCCCOCC(C)(C)C. The van der Waals surface area contributed by atoms with E-state index in [1.807, 2.05) is 0 Å². The van der Waals surface area contributed by atoms with E-state index in [2.05, 4.69) is 81.1 Å². The second-order valence-electron chi connectivity index (χ2n) is 14.3. The van der Waals surface area contributed by atoms with Crippen LogP contribution in [-0.2, 0) is 14.2 Å². The van der Waals surface area contributed by atoms with Crippen molar-refractivity contribution in [2.75, 3.05) is 39.6 Å². The van der Waals surface area contributed by atoms with E-state index < -0.39 is 0 Å². The molecule has 0 atom stereocenters. The lowest BCUT2D eigenvalue weighted by Gasteiger charge is -2.47. The normalized spacial score (nSPS) is 13.7. The van der Waals surface area contributed by atoms with Crippen LogP contribution >= 0.6 is 0 Å². The lowest BCUT2D eigenvalue weighted by molar-refractivity contribution is -0.166. The van der Waals surface area contributed by atoms with Crippen LogP contribution in [0.2, 0.25) is 0 Å². The Kier molecular flexibility index (Phi) is 17.3. The summed E-state index contributed by atoms with van der Waals surface area (Å²) in [6, 6.07) is 0. The molecule has 0 radical (unpaired) electrons. The van der Waals surface area contributed by atoms with Crippen molar-refractivity contribution in [3.63, 3.8) is 0 Å². The lowest BCUT2D eigenvalue weighted by atomic mass is 9.89. The Labute approximate surface area is 221 Å². The fraction of sp³-hybridized carbons (Fsp3) is 1.00. The molecule has 0 amide bonds. The van der Waals surface area contributed by atoms with Crippen LogP contribution in [0, 0.1) is 10.8 Å². The molecule has 0 spiro atoms. The number of nitrogens with zero attached hydrogens (tertiary/aromatic N) is 1. The maximum absolute atomic E-state index is 6.37. The third-order valence-corrected chi connectivity index (χ3v) is 6.27. The van der Waals surface area contributed by atoms with E-state index in [0.717, 1.165) is 52.4 Å². The Morgan fingerprint density at radius 3 is 1.49 bits per heavy atom. The predicted octanol–water partition coefficient (Wildman–Crippen LogP) is 8.87. The number of hydrogen-bond acceptors (Lipinski definition) is 4. The Morgan fingerprint density at radius 1 is 0.486 bits per heavy atom. The van der Waals surface area contributed by atoms with Gasteiger partial charge in [0.05, 0.1) is 13.2 Å². The molecule has 0 aromatic rings. The van der Waals surface area contributed by atoms with Gasteiger partial charge in [-0.25, -0.2) is 0 Å². The standard InChI is InChI=1S/C31H65NO3/c1-28(2,3)21-17-15-13-12-14-16-18-22-32(30(7,8)9)31(10,11)35-26-20-24-33-23-19-25-34-27-29(4,5)6/h12-27H2,1-11H3. The van der Waals surface area contributed by atoms with E-state index in [0.29, 0.717) is 5.41 Å². The van der Waals surface area contributed by atoms with E-state index >= 15 is 0 Å². The Bertz CT molecular complexity index is 497. The van der Waals surface area contributed by atoms with Gasteiger partial charge in [0.2, 0.25) is 0 Å². The summed E-state index contributed by atoms with van der Waals surface area (Å²) in [5.41, 5.74) is 0.531. The fourth-order valence-corrected chi connectivity index (χ4v) is 4.53. The number of rotatable bonds is 20. The van der Waals surface area contributed by atoms with E-state index in [4.69, 9.17) is 14.2 Å². The maximum Gasteiger partial charge on any atom is 0.116 e. The minimum absolute atomic E-state index is 0.0833. The summed E-state index contributed by atoms with van der Waals surface area (Å²) >= 11 is 0. The quantitative estimate of drug-likeness (QED) is 0.124. The molecule has 0 aliphatic rings. The van der Waals surface area contributed by atoms with Crippen molar-refractivity contribution in [1.29, 1.82) is 0 Å². The summed E-state index contributed by atoms with van der Waals surface area (Å²) in [7, 11) is 0. The molecule has 0 saturated carbocycles. The highest BCUT2D eigenvalue weighted by Gasteiger charge is 2.35. The van der Waals surface area contributed by atoms with Gasteiger partial charge < -0.3 is 14.2 Å². The first-order valence-corrected chi connectivity index (χ1v) is 14.6. The van der Waals surface area contributed by atoms with Crippen molar-refractivity contribution < 1.29 is 14.2 Å². The van der Waals surface area contributed by atoms with Gasteiger partial charge in [0.15, 0.2) is 0 Å². The number of unbranched alkanes of at least 4 members (excludes halogenated alkanes) is 6. The zero-order valence-electron chi connectivity index (χ0n) is 26.0. The first-order valence-electron chi connectivity index (χ1n) is 14.6. The van der Waals surface area contributed by atoms with Gasteiger partial charge in [0.25, 0.3) is 0 Å². The van der Waals surface area contributed by atoms with Gasteiger partial charge in [-0.1, -0.05) is 80.1 Å². The molecule has 0 saturated heterocycles. The van der Waals surface area contributed by atoms with Gasteiger partial charge in [-0.3, -0.25) is 4.90 Å². The lowest BCUT2D eigenvalue weighted by Crippen LogP contribution is -2.56. The van der Waals surface area contributed by atoms with Gasteiger partial charge in [0.1, 0.15) is 5.72 Å². The highest BCUT2D eigenvalue weighted by atomic mass is 16.5. The molecule has 0 heterocycles. The molecule has 0 aromatic carbocycles. The first-order chi connectivity index (χ1) is 16.0. The third kappa shape index (κ3) is 21.6. The van der Waals surface area contributed by atoms with Gasteiger partial charge in [-0.2, -0.15) is 0 Å². The van der Waals surface area contributed by atoms with Crippen LogP contribution in [0.4, 0.5) is 0 Å². The van der Waals surface area contributed by atoms with E-state index in [1.165, 1.54) is 51.4 Å². The smallest absolute Gasteiger partial charge is 0.116 e. The molecular weight excluding hydrogens is 434 g/mol. The van der Waals surface area contributed by atoms with Crippen LogP contribution in [0.1, 0.15) is 140 Å². The molecule has 4 heteroatoms. The minimum atomic E-state index is -0.272. The van der Waals surface area contributed by atoms with Crippen molar-refractivity contribution in [2.24, 2.45) is 10.8 Å². The second kappa shape index (κ2) is 17.4. The molecule has 0 fully saturated rings. The molecule has 0 aromatic heterocycles. The van der Waals surface area contributed by atoms with Crippen LogP contribution in [-0.4, -0.2) is 55.7 Å². The maximum atomic E-state index is 6.37. The van der Waals surface area contributed by atoms with Gasteiger partial charge in [-0.05, 0) is 71.1 Å². The Balaban J connectivity index is 4.03. The molecule has 0 bridgehead atoms. The van der Waals surface area contributed by atoms with Crippen molar-refractivity contribution in [3.8, 4) is 0 Å². The molecule has 35 heavy (non-hydrogen) atoms. The molecule has 0 unspecified atom stereocenters. The Morgan fingerprint density at radius 2 is 0.971 bits per heavy atom. The molecule has 0 aliphatic carbocycles. The topological polar surface area (TPSA) is 30.9 Å². The van der Waals surface area contributed by atoms with Crippen LogP contribution < -0.4 is 0 Å². The van der Waals surface area contributed by atoms with Crippen LogP contribution in [0.5, 0.6) is 0 Å². The minimum Gasteiger partial charge on any atom is -0.381 e. The van der Waals surface area contributed by atoms with Gasteiger partial charge in [0, 0.05) is 31.9 Å². The summed E-state index contributed by atoms with van der Waals surface area (Å²) in [5.74, 6) is 0. The van der Waals surface area contributed by atoms with E-state index in [9.17, 15) is 0 Å². The summed E-state index contributed by atoms with van der Waals surface area (Å²) in [6.07, 6.45) is 12.7. The second-order valence-corrected chi connectivity index (χ2v) is 14.3.